The maximum Gasteiger partial charge on any atom is 0.417 e. The third-order valence-corrected chi connectivity index (χ3v) is 6.79. The Bertz CT molecular complexity index is 1710. The Kier molecular flexibility index (Phi) is 5.95. The van der Waals surface area contributed by atoms with Crippen LogP contribution in [0.4, 0.5) is 13.2 Å². The molecular weight excluding hydrogens is 505 g/mol. The highest BCUT2D eigenvalue weighted by atomic mass is 32.2. The third kappa shape index (κ3) is 4.90. The zero-order valence-corrected chi connectivity index (χ0v) is 20.4. The van der Waals surface area contributed by atoms with Gasteiger partial charge in [0.05, 0.1) is 10.5 Å². The molecule has 11 heteroatoms. The average Bonchev–Trinajstić information content (AvgIpc) is 3.50. The van der Waals surface area contributed by atoms with Crippen molar-refractivity contribution in [1.29, 1.82) is 0 Å². The van der Waals surface area contributed by atoms with Crippen LogP contribution in [0.1, 0.15) is 11.5 Å². The van der Waals surface area contributed by atoms with Crippen LogP contribution in [0.25, 0.3) is 39.7 Å². The lowest BCUT2D eigenvalue weighted by molar-refractivity contribution is -0.137. The average molecular weight is 525 g/mol. The number of rotatable bonds is 5. The van der Waals surface area contributed by atoms with Gasteiger partial charge in [0.25, 0.3) is 0 Å². The van der Waals surface area contributed by atoms with Gasteiger partial charge in [-0.15, -0.1) is 0 Å². The van der Waals surface area contributed by atoms with Crippen LogP contribution in [-0.4, -0.2) is 34.4 Å². The number of alkyl halides is 3. The minimum absolute atomic E-state index is 0.0530. The predicted octanol–water partition coefficient (Wildman–Crippen LogP) is 5.99. The Morgan fingerprint density at radius 1 is 0.892 bits per heavy atom. The number of hydrogen-bond donors (Lipinski definition) is 0. The summed E-state index contributed by atoms with van der Waals surface area (Å²) in [5.41, 5.74) is 1.27. The van der Waals surface area contributed by atoms with Crippen molar-refractivity contribution in [3.05, 3.63) is 90.4 Å². The lowest BCUT2D eigenvalue weighted by Gasteiger charge is -2.14. The molecule has 0 aliphatic rings. The van der Waals surface area contributed by atoms with E-state index in [1.807, 2.05) is 0 Å². The highest BCUT2D eigenvalue weighted by molar-refractivity contribution is 7.90. The molecule has 0 atom stereocenters. The van der Waals surface area contributed by atoms with Crippen LogP contribution in [0.3, 0.4) is 0 Å². The number of aryl methyl sites for hydroxylation is 1. The van der Waals surface area contributed by atoms with Crippen molar-refractivity contribution in [3.63, 3.8) is 0 Å². The van der Waals surface area contributed by atoms with Crippen molar-refractivity contribution in [1.82, 2.24) is 19.7 Å². The highest BCUT2D eigenvalue weighted by Crippen LogP contribution is 2.38. The molecule has 0 radical (unpaired) electrons. The summed E-state index contributed by atoms with van der Waals surface area (Å²) in [6, 6.07) is 18.7. The van der Waals surface area contributed by atoms with Crippen LogP contribution in [0.5, 0.6) is 0 Å². The van der Waals surface area contributed by atoms with E-state index in [2.05, 4.69) is 15.1 Å². The van der Waals surface area contributed by atoms with E-state index in [1.165, 1.54) is 28.8 Å². The molecule has 0 spiro atoms. The van der Waals surface area contributed by atoms with Gasteiger partial charge in [0.2, 0.25) is 11.7 Å². The van der Waals surface area contributed by atoms with Crippen molar-refractivity contribution < 1.29 is 26.1 Å². The quantitative estimate of drug-likeness (QED) is 0.281. The normalized spacial score (nSPS) is 12.1. The molecule has 37 heavy (non-hydrogen) atoms. The van der Waals surface area contributed by atoms with Crippen LogP contribution in [-0.2, 0) is 16.0 Å². The molecular formula is C26H19F3N4O3S. The van der Waals surface area contributed by atoms with Gasteiger partial charge in [-0.05, 0) is 41.5 Å². The molecule has 0 amide bonds. The van der Waals surface area contributed by atoms with E-state index >= 15 is 0 Å². The molecule has 0 saturated heterocycles. The first-order valence-electron chi connectivity index (χ1n) is 11.0. The third-order valence-electron chi connectivity index (χ3n) is 5.68. The minimum Gasteiger partial charge on any atom is -0.339 e. The van der Waals surface area contributed by atoms with Crippen molar-refractivity contribution in [3.8, 4) is 39.7 Å². The molecule has 7 nitrogen and oxygen atoms in total. The second kappa shape index (κ2) is 9.00. The predicted molar refractivity (Wildman–Crippen MR) is 131 cm³/mol. The Hall–Kier alpha value is -4.25. The fourth-order valence-electron chi connectivity index (χ4n) is 3.92. The molecule has 0 aliphatic carbocycles. The SMILES string of the molecule is Cc1nc(-c2cn(-c3ccc(-c4cccc(S(C)(=O)=O)c4)cc3)c(-c3ccccc3C(F)(F)F)n2)no1. The summed E-state index contributed by atoms with van der Waals surface area (Å²) < 4.78 is 71.9. The summed E-state index contributed by atoms with van der Waals surface area (Å²) in [7, 11) is -3.38. The Morgan fingerprint density at radius 2 is 1.62 bits per heavy atom. The van der Waals surface area contributed by atoms with Gasteiger partial charge < -0.3 is 4.52 Å². The van der Waals surface area contributed by atoms with Crippen molar-refractivity contribution in [2.75, 3.05) is 6.26 Å². The molecule has 0 bridgehead atoms. The van der Waals surface area contributed by atoms with Gasteiger partial charge >= 0.3 is 6.18 Å². The summed E-state index contributed by atoms with van der Waals surface area (Å²) >= 11 is 0. The van der Waals surface area contributed by atoms with E-state index in [4.69, 9.17) is 4.52 Å². The zero-order chi connectivity index (χ0) is 26.4. The molecule has 0 N–H and O–H groups in total. The van der Waals surface area contributed by atoms with Gasteiger partial charge in [0, 0.05) is 30.6 Å². The second-order valence-corrected chi connectivity index (χ2v) is 10.4. The van der Waals surface area contributed by atoms with E-state index in [0.29, 0.717) is 17.1 Å². The lowest BCUT2D eigenvalue weighted by Crippen LogP contribution is -2.08. The molecule has 0 fully saturated rings. The summed E-state index contributed by atoms with van der Waals surface area (Å²) in [6.07, 6.45) is -1.91. The van der Waals surface area contributed by atoms with Gasteiger partial charge in [0.1, 0.15) is 11.5 Å². The second-order valence-electron chi connectivity index (χ2n) is 8.35. The molecule has 0 saturated carbocycles. The lowest BCUT2D eigenvalue weighted by atomic mass is 10.0. The number of halogens is 3. The topological polar surface area (TPSA) is 90.9 Å². The first kappa shape index (κ1) is 24.4. The van der Waals surface area contributed by atoms with Crippen LogP contribution >= 0.6 is 0 Å². The maximum atomic E-state index is 13.8. The fraction of sp³-hybridized carbons (Fsp3) is 0.115. The van der Waals surface area contributed by atoms with Crippen molar-refractivity contribution >= 4 is 9.84 Å². The van der Waals surface area contributed by atoms with E-state index in [0.717, 1.165) is 17.9 Å². The summed E-state index contributed by atoms with van der Waals surface area (Å²) in [6.45, 7) is 1.60. The number of sulfone groups is 1. The van der Waals surface area contributed by atoms with E-state index in [9.17, 15) is 21.6 Å². The Balaban J connectivity index is 1.63. The first-order valence-corrected chi connectivity index (χ1v) is 12.9. The van der Waals surface area contributed by atoms with Gasteiger partial charge in [-0.3, -0.25) is 4.57 Å². The van der Waals surface area contributed by atoms with Crippen molar-refractivity contribution in [2.45, 2.75) is 18.0 Å². The standard InChI is InChI=1S/C26H19F3N4O3S/c1-16-30-24(32-36-16)23-15-33(25(31-23)21-8-3-4-9-22(21)26(27,28)29)19-12-10-17(11-13-19)18-6-5-7-20(14-18)37(2,34)35/h3-15H,1-2H3. The molecule has 188 valence electrons. The maximum absolute atomic E-state index is 13.8. The summed E-state index contributed by atoms with van der Waals surface area (Å²) in [5.74, 6) is 0.496. The van der Waals surface area contributed by atoms with Gasteiger partial charge in [0.15, 0.2) is 9.84 Å². The van der Waals surface area contributed by atoms with E-state index < -0.39 is 21.6 Å². The number of hydrogen-bond acceptors (Lipinski definition) is 6. The Labute approximate surface area is 210 Å². The highest BCUT2D eigenvalue weighted by Gasteiger charge is 2.35. The van der Waals surface area contributed by atoms with Crippen molar-refractivity contribution in [2.24, 2.45) is 0 Å². The minimum atomic E-state index is -4.59. The van der Waals surface area contributed by atoms with E-state index in [-0.39, 0.29) is 27.8 Å². The number of nitrogens with zero attached hydrogens (tertiary/aromatic N) is 4. The largest absolute Gasteiger partial charge is 0.417 e. The van der Waals surface area contributed by atoms with Crippen LogP contribution in [0, 0.1) is 6.92 Å². The van der Waals surface area contributed by atoms with E-state index in [1.54, 1.807) is 55.6 Å². The van der Waals surface area contributed by atoms with Gasteiger partial charge in [-0.1, -0.05) is 47.6 Å². The molecule has 2 aromatic heterocycles. The number of aromatic nitrogens is 4. The number of benzene rings is 3. The van der Waals surface area contributed by atoms with Gasteiger partial charge in [-0.2, -0.15) is 18.2 Å². The molecule has 5 rings (SSSR count). The zero-order valence-electron chi connectivity index (χ0n) is 19.6. The smallest absolute Gasteiger partial charge is 0.339 e. The number of imidazole rings is 1. The fourth-order valence-corrected chi connectivity index (χ4v) is 4.59. The summed E-state index contributed by atoms with van der Waals surface area (Å²) in [5, 5.41) is 3.85. The molecule has 5 aromatic rings. The Morgan fingerprint density at radius 3 is 2.27 bits per heavy atom. The van der Waals surface area contributed by atoms with Crippen LogP contribution in [0.2, 0.25) is 0 Å². The summed E-state index contributed by atoms with van der Waals surface area (Å²) in [4.78, 5) is 8.79. The first-order chi connectivity index (χ1) is 17.5. The van der Waals surface area contributed by atoms with Gasteiger partial charge in [-0.25, -0.2) is 13.4 Å². The molecule has 2 heterocycles. The van der Waals surface area contributed by atoms with Crippen LogP contribution < -0.4 is 0 Å². The monoisotopic (exact) mass is 524 g/mol. The molecule has 3 aromatic carbocycles. The molecule has 0 unspecified atom stereocenters. The molecule has 0 aliphatic heterocycles. The van der Waals surface area contributed by atoms with Crippen LogP contribution in [0.15, 0.2) is 88.4 Å².